The maximum Gasteiger partial charge on any atom is 0.258 e. The van der Waals surface area contributed by atoms with Crippen molar-refractivity contribution in [3.05, 3.63) is 52.5 Å². The Labute approximate surface area is 171 Å². The number of halogens is 4. The maximum atomic E-state index is 12.5. The molecule has 3 rings (SSSR count). The van der Waals surface area contributed by atoms with Crippen molar-refractivity contribution in [1.29, 1.82) is 0 Å². The summed E-state index contributed by atoms with van der Waals surface area (Å²) in [5, 5.41) is 4.07. The number of benzene rings is 2. The molecule has 1 amide bonds. The molecule has 0 fully saturated rings. The Bertz CT molecular complexity index is 900. The van der Waals surface area contributed by atoms with E-state index < -0.39 is 0 Å². The first-order valence-electron chi connectivity index (χ1n) is 5.96. The molecule has 22 heavy (non-hydrogen) atoms. The van der Waals surface area contributed by atoms with Gasteiger partial charge in [-0.3, -0.25) is 10.1 Å². The molecular weight excluding hydrogens is 613 g/mol. The first-order chi connectivity index (χ1) is 10.4. The van der Waals surface area contributed by atoms with E-state index in [0.29, 0.717) is 15.7 Å². The molecule has 112 valence electrons. The summed E-state index contributed by atoms with van der Waals surface area (Å²) in [6.45, 7) is 0. The minimum absolute atomic E-state index is 0.187. The summed E-state index contributed by atoms with van der Waals surface area (Å²) in [6, 6.07) is 9.31. The first-order valence-corrected chi connectivity index (χ1v) is 10.1. The van der Waals surface area contributed by atoms with Gasteiger partial charge in [-0.25, -0.2) is 4.98 Å². The Morgan fingerprint density at radius 2 is 2.05 bits per heavy atom. The number of anilines is 1. The predicted molar refractivity (Wildman–Crippen MR) is 112 cm³/mol. The molecule has 0 aliphatic rings. The number of nitrogens with one attached hydrogen (secondary N) is 1. The second-order valence-electron chi connectivity index (χ2n) is 4.33. The van der Waals surface area contributed by atoms with Crippen LogP contribution in [0.4, 0.5) is 5.13 Å². The predicted octanol–water partition coefficient (Wildman–Crippen LogP) is 6.17. The number of rotatable bonds is 2. The van der Waals surface area contributed by atoms with E-state index in [0.717, 1.165) is 21.8 Å². The smallest absolute Gasteiger partial charge is 0.258 e. The van der Waals surface area contributed by atoms with Gasteiger partial charge >= 0.3 is 0 Å². The van der Waals surface area contributed by atoms with Crippen LogP contribution in [0.5, 0.6) is 0 Å². The van der Waals surface area contributed by atoms with Crippen molar-refractivity contribution in [2.75, 3.05) is 5.32 Å². The van der Waals surface area contributed by atoms with E-state index in [-0.39, 0.29) is 5.91 Å². The molecule has 1 N–H and O–H groups in total. The molecule has 0 radical (unpaired) electrons. The summed E-state index contributed by atoms with van der Waals surface area (Å²) in [5.74, 6) is -0.187. The fourth-order valence-corrected chi connectivity index (χ4v) is 5.23. The lowest BCUT2D eigenvalue weighted by molar-refractivity contribution is 0.102. The lowest BCUT2D eigenvalue weighted by Gasteiger charge is -2.07. The summed E-state index contributed by atoms with van der Waals surface area (Å²) < 4.78 is 3.73. The monoisotopic (exact) mass is 618 g/mol. The molecule has 0 saturated carbocycles. The summed E-state index contributed by atoms with van der Waals surface area (Å²) in [7, 11) is 0. The van der Waals surface area contributed by atoms with Crippen molar-refractivity contribution in [3.63, 3.8) is 0 Å². The van der Waals surface area contributed by atoms with Gasteiger partial charge in [-0.1, -0.05) is 22.9 Å². The molecule has 0 aliphatic carbocycles. The van der Waals surface area contributed by atoms with E-state index in [2.05, 4.69) is 71.4 Å². The molecule has 1 heterocycles. The fraction of sp³-hybridized carbons (Fsp3) is 0. The zero-order chi connectivity index (χ0) is 15.9. The highest BCUT2D eigenvalue weighted by molar-refractivity contribution is 14.1. The van der Waals surface area contributed by atoms with Gasteiger partial charge in [0.05, 0.1) is 15.8 Å². The van der Waals surface area contributed by atoms with Gasteiger partial charge in [-0.15, -0.1) is 0 Å². The third-order valence-electron chi connectivity index (χ3n) is 2.81. The molecule has 0 bridgehead atoms. The van der Waals surface area contributed by atoms with Crippen LogP contribution >= 0.6 is 84.0 Å². The fourth-order valence-electron chi connectivity index (χ4n) is 1.84. The molecule has 3 nitrogen and oxygen atoms in total. The lowest BCUT2D eigenvalue weighted by Crippen LogP contribution is -2.13. The highest BCUT2D eigenvalue weighted by Gasteiger charge is 2.15. The number of aromatic nitrogens is 1. The van der Waals surface area contributed by atoms with Crippen LogP contribution in [0.1, 0.15) is 10.4 Å². The number of hydrogen-bond donors (Lipinski definition) is 1. The third kappa shape index (κ3) is 3.58. The number of thiazole rings is 1. The summed E-state index contributed by atoms with van der Waals surface area (Å²) >= 11 is 15.2. The summed E-state index contributed by atoms with van der Waals surface area (Å²) in [6.07, 6.45) is 0. The van der Waals surface area contributed by atoms with Gasteiger partial charge in [0.15, 0.2) is 5.13 Å². The highest BCUT2D eigenvalue weighted by atomic mass is 127. The lowest BCUT2D eigenvalue weighted by atomic mass is 10.2. The number of nitrogens with zero attached hydrogens (tertiary/aromatic N) is 1. The number of fused-ring (bicyclic) bond motifs is 1. The number of carbonyl (C=O) groups excluding carboxylic acids is 1. The van der Waals surface area contributed by atoms with Crippen LogP contribution in [0, 0.1) is 7.14 Å². The molecule has 0 spiro atoms. The van der Waals surface area contributed by atoms with Gasteiger partial charge in [-0.05, 0) is 91.4 Å². The topological polar surface area (TPSA) is 42.0 Å². The molecule has 0 unspecified atom stereocenters. The van der Waals surface area contributed by atoms with Crippen LogP contribution in [0.25, 0.3) is 10.2 Å². The Morgan fingerprint density at radius 3 is 2.82 bits per heavy atom. The molecule has 3 aromatic rings. The zero-order valence-electron chi connectivity index (χ0n) is 10.7. The largest absolute Gasteiger partial charge is 0.298 e. The van der Waals surface area contributed by atoms with Crippen molar-refractivity contribution >= 4 is 105 Å². The van der Waals surface area contributed by atoms with Gasteiger partial charge in [-0.2, -0.15) is 0 Å². The molecule has 0 aliphatic heterocycles. The van der Waals surface area contributed by atoms with Crippen molar-refractivity contribution < 1.29 is 4.79 Å². The average Bonchev–Trinajstić information content (AvgIpc) is 2.83. The molecule has 0 atom stereocenters. The van der Waals surface area contributed by atoms with Gasteiger partial charge in [0.2, 0.25) is 0 Å². The van der Waals surface area contributed by atoms with E-state index in [1.807, 2.05) is 24.3 Å². The number of hydrogen-bond acceptors (Lipinski definition) is 3. The minimum atomic E-state index is -0.187. The van der Waals surface area contributed by atoms with Crippen molar-refractivity contribution in [2.45, 2.75) is 0 Å². The molecule has 8 heteroatoms. The molecule has 2 aromatic carbocycles. The van der Waals surface area contributed by atoms with Crippen LogP contribution in [0.15, 0.2) is 34.8 Å². The number of amides is 1. The van der Waals surface area contributed by atoms with Gasteiger partial charge in [0, 0.05) is 16.6 Å². The minimum Gasteiger partial charge on any atom is -0.298 e. The van der Waals surface area contributed by atoms with Gasteiger partial charge < -0.3 is 0 Å². The van der Waals surface area contributed by atoms with Crippen LogP contribution < -0.4 is 5.32 Å². The van der Waals surface area contributed by atoms with Crippen LogP contribution in [0.3, 0.4) is 0 Å². The highest BCUT2D eigenvalue weighted by Crippen LogP contribution is 2.30. The Kier molecular flexibility index (Phi) is 5.27. The number of carbonyl (C=O) groups is 1. The average molecular weight is 619 g/mol. The molecular formula is C14H6BrClI2N2OS. The molecule has 0 saturated heterocycles. The maximum absolute atomic E-state index is 12.5. The Balaban J connectivity index is 1.93. The van der Waals surface area contributed by atoms with E-state index in [9.17, 15) is 4.79 Å². The second-order valence-corrected chi connectivity index (χ2v) is 9.00. The third-order valence-corrected chi connectivity index (χ3v) is 7.05. The van der Waals surface area contributed by atoms with Crippen molar-refractivity contribution in [3.8, 4) is 0 Å². The van der Waals surface area contributed by atoms with E-state index in [4.69, 9.17) is 11.6 Å². The zero-order valence-corrected chi connectivity index (χ0v) is 18.1. The normalized spacial score (nSPS) is 10.9. The van der Waals surface area contributed by atoms with E-state index >= 15 is 0 Å². The van der Waals surface area contributed by atoms with E-state index in [1.165, 1.54) is 11.3 Å². The van der Waals surface area contributed by atoms with Gasteiger partial charge in [0.1, 0.15) is 0 Å². The SMILES string of the molecule is O=C(Nc1nc2ccc(Cl)cc2s1)c1cc(I)cc(I)c1Br. The van der Waals surface area contributed by atoms with Gasteiger partial charge in [0.25, 0.3) is 5.91 Å². The van der Waals surface area contributed by atoms with Crippen LogP contribution in [-0.4, -0.2) is 10.9 Å². The van der Waals surface area contributed by atoms with Crippen molar-refractivity contribution in [2.24, 2.45) is 0 Å². The quantitative estimate of drug-likeness (QED) is 0.276. The summed E-state index contributed by atoms with van der Waals surface area (Å²) in [4.78, 5) is 16.9. The first kappa shape index (κ1) is 16.9. The van der Waals surface area contributed by atoms with Crippen LogP contribution in [-0.2, 0) is 0 Å². The summed E-state index contributed by atoms with van der Waals surface area (Å²) in [5.41, 5.74) is 1.41. The van der Waals surface area contributed by atoms with Crippen LogP contribution in [0.2, 0.25) is 5.02 Å². The van der Waals surface area contributed by atoms with Crippen molar-refractivity contribution in [1.82, 2.24) is 4.98 Å². The molecule has 1 aromatic heterocycles. The Morgan fingerprint density at radius 1 is 1.27 bits per heavy atom. The standard InChI is InChI=1S/C14H6BrClI2N2OS/c15-12-8(4-7(17)5-9(12)18)13(21)20-14-19-10-2-1-6(16)3-11(10)22-14/h1-5H,(H,19,20,21). The Hall–Kier alpha value is 0.0300. The second kappa shape index (κ2) is 6.88. The van der Waals surface area contributed by atoms with E-state index in [1.54, 1.807) is 6.07 Å².